The van der Waals surface area contributed by atoms with Crippen molar-refractivity contribution < 1.29 is 4.48 Å². The first kappa shape index (κ1) is 13.0. The molecule has 0 heterocycles. The van der Waals surface area contributed by atoms with Gasteiger partial charge in [0, 0.05) is 6.42 Å². The third kappa shape index (κ3) is 3.49. The van der Waals surface area contributed by atoms with Crippen molar-refractivity contribution in [3.63, 3.8) is 0 Å². The van der Waals surface area contributed by atoms with E-state index in [0.29, 0.717) is 0 Å². The molecule has 0 spiro atoms. The molecule has 0 fully saturated rings. The van der Waals surface area contributed by atoms with Gasteiger partial charge in [-0.05, 0) is 25.5 Å². The van der Waals surface area contributed by atoms with Gasteiger partial charge < -0.3 is 4.48 Å². The van der Waals surface area contributed by atoms with Gasteiger partial charge in [0.1, 0.15) is 0 Å². The van der Waals surface area contributed by atoms with Gasteiger partial charge in [0.05, 0.1) is 26.2 Å². The summed E-state index contributed by atoms with van der Waals surface area (Å²) in [4.78, 5) is 0. The Balaban J connectivity index is 2.59. The van der Waals surface area contributed by atoms with E-state index in [1.807, 2.05) is 0 Å². The zero-order valence-corrected chi connectivity index (χ0v) is 10.7. The van der Waals surface area contributed by atoms with E-state index in [-0.39, 0.29) is 0 Å². The normalized spacial score (nSPS) is 11.4. The zero-order valence-electron chi connectivity index (χ0n) is 10.7. The highest BCUT2D eigenvalue weighted by molar-refractivity contribution is 5.14. The van der Waals surface area contributed by atoms with Gasteiger partial charge in [-0.1, -0.05) is 36.9 Å². The molecule has 1 aromatic rings. The topological polar surface area (TPSA) is 0 Å². The second kappa shape index (κ2) is 6.49. The molecule has 0 aliphatic carbocycles. The van der Waals surface area contributed by atoms with E-state index >= 15 is 0 Å². The van der Waals surface area contributed by atoms with Crippen molar-refractivity contribution >= 4 is 0 Å². The third-order valence-electron chi connectivity index (χ3n) is 3.58. The van der Waals surface area contributed by atoms with Crippen molar-refractivity contribution in [3.8, 4) is 0 Å². The van der Waals surface area contributed by atoms with E-state index in [1.165, 1.54) is 25.2 Å². The van der Waals surface area contributed by atoms with Crippen molar-refractivity contribution in [2.45, 2.75) is 20.3 Å². The first-order valence-electron chi connectivity index (χ1n) is 6.26. The summed E-state index contributed by atoms with van der Waals surface area (Å²) in [7, 11) is 0. The number of quaternary nitrogens is 1. The van der Waals surface area contributed by atoms with Gasteiger partial charge in [-0.3, -0.25) is 0 Å². The Bertz CT molecular complexity index is 298. The lowest BCUT2D eigenvalue weighted by atomic mass is 10.1. The Morgan fingerprint density at radius 2 is 1.75 bits per heavy atom. The molecule has 1 aromatic carbocycles. The van der Waals surface area contributed by atoms with E-state index in [0.717, 1.165) is 17.4 Å². The highest BCUT2D eigenvalue weighted by atomic mass is 15.3. The minimum absolute atomic E-state index is 1.08. The molecule has 0 radical (unpaired) electrons. The summed E-state index contributed by atoms with van der Waals surface area (Å²) in [6.07, 6.45) is 3.22. The van der Waals surface area contributed by atoms with Gasteiger partial charge in [0.2, 0.25) is 0 Å². The second-order valence-corrected chi connectivity index (χ2v) is 4.40. The van der Waals surface area contributed by atoms with Crippen LogP contribution in [0.1, 0.15) is 19.4 Å². The van der Waals surface area contributed by atoms with Crippen molar-refractivity contribution in [1.82, 2.24) is 0 Å². The standard InChI is InChI=1S/C15H24N/c1-4-13-16(5-2,6-3)14-12-15-10-8-7-9-11-15/h4,7-11H,1,5-6,12-14H2,2-3H3/q+1. The Labute approximate surface area is 100.0 Å². The zero-order chi connectivity index (χ0) is 11.9. The number of nitrogens with zero attached hydrogens (tertiary/aromatic N) is 1. The molecule has 0 N–H and O–H groups in total. The molecule has 16 heavy (non-hydrogen) atoms. The summed E-state index contributed by atoms with van der Waals surface area (Å²) < 4.78 is 1.15. The summed E-state index contributed by atoms with van der Waals surface area (Å²) >= 11 is 0. The number of likely N-dealkylation sites (N-methyl/N-ethyl adjacent to an activating group) is 1. The molecule has 0 aliphatic heterocycles. The fraction of sp³-hybridized carbons (Fsp3) is 0.467. The molecule has 0 bridgehead atoms. The van der Waals surface area contributed by atoms with Crippen molar-refractivity contribution in [1.29, 1.82) is 0 Å². The van der Waals surface area contributed by atoms with Crippen LogP contribution in [0, 0.1) is 0 Å². The Morgan fingerprint density at radius 1 is 1.12 bits per heavy atom. The molecule has 0 saturated carbocycles. The maximum Gasteiger partial charge on any atom is 0.0971 e. The van der Waals surface area contributed by atoms with Gasteiger partial charge in [0.15, 0.2) is 0 Å². The summed E-state index contributed by atoms with van der Waals surface area (Å²) in [6.45, 7) is 13.1. The van der Waals surface area contributed by atoms with Crippen molar-refractivity contribution in [3.05, 3.63) is 48.6 Å². The van der Waals surface area contributed by atoms with E-state index in [1.54, 1.807) is 0 Å². The first-order valence-corrected chi connectivity index (χ1v) is 6.26. The SMILES string of the molecule is C=CC[N+](CC)(CC)CCc1ccccc1. The van der Waals surface area contributed by atoms with Crippen LogP contribution >= 0.6 is 0 Å². The molecule has 1 heteroatoms. The molecule has 0 atom stereocenters. The first-order chi connectivity index (χ1) is 7.76. The molecule has 0 amide bonds. The summed E-state index contributed by atoms with van der Waals surface area (Å²) in [5, 5.41) is 0. The van der Waals surface area contributed by atoms with Crippen LogP contribution < -0.4 is 0 Å². The summed E-state index contributed by atoms with van der Waals surface area (Å²) in [5.41, 5.74) is 1.44. The molecular weight excluding hydrogens is 194 g/mol. The molecule has 0 saturated heterocycles. The Morgan fingerprint density at radius 3 is 2.25 bits per heavy atom. The van der Waals surface area contributed by atoms with Crippen molar-refractivity contribution in [2.75, 3.05) is 26.2 Å². The van der Waals surface area contributed by atoms with E-state index in [4.69, 9.17) is 0 Å². The van der Waals surface area contributed by atoms with Gasteiger partial charge in [-0.15, -0.1) is 0 Å². The van der Waals surface area contributed by atoms with Gasteiger partial charge in [-0.25, -0.2) is 0 Å². The van der Waals surface area contributed by atoms with Crippen LogP contribution in [0.25, 0.3) is 0 Å². The molecule has 0 aliphatic rings. The molecule has 0 aromatic heterocycles. The minimum Gasteiger partial charge on any atom is -0.321 e. The van der Waals surface area contributed by atoms with Crippen LogP contribution in [0.2, 0.25) is 0 Å². The Kier molecular flexibility index (Phi) is 5.27. The quantitative estimate of drug-likeness (QED) is 0.487. The monoisotopic (exact) mass is 218 g/mol. The molecular formula is C15H24N+. The fourth-order valence-corrected chi connectivity index (χ4v) is 2.17. The van der Waals surface area contributed by atoms with Crippen LogP contribution in [0.5, 0.6) is 0 Å². The lowest BCUT2D eigenvalue weighted by Crippen LogP contribution is -2.49. The van der Waals surface area contributed by atoms with Crippen LogP contribution in [0.15, 0.2) is 43.0 Å². The largest absolute Gasteiger partial charge is 0.321 e. The fourth-order valence-electron chi connectivity index (χ4n) is 2.17. The molecule has 1 nitrogen and oxygen atoms in total. The van der Waals surface area contributed by atoms with Crippen LogP contribution in [0.3, 0.4) is 0 Å². The summed E-state index contributed by atoms with van der Waals surface area (Å²) in [5.74, 6) is 0. The highest BCUT2D eigenvalue weighted by Crippen LogP contribution is 2.10. The molecule has 88 valence electrons. The third-order valence-corrected chi connectivity index (χ3v) is 3.58. The molecule has 0 unspecified atom stereocenters. The van der Waals surface area contributed by atoms with Crippen LogP contribution in [-0.4, -0.2) is 30.7 Å². The van der Waals surface area contributed by atoms with Gasteiger partial charge >= 0.3 is 0 Å². The van der Waals surface area contributed by atoms with Crippen LogP contribution in [0.4, 0.5) is 0 Å². The maximum absolute atomic E-state index is 3.88. The molecule has 1 rings (SSSR count). The van der Waals surface area contributed by atoms with E-state index in [2.05, 4.69) is 56.8 Å². The number of benzene rings is 1. The smallest absolute Gasteiger partial charge is 0.0971 e. The second-order valence-electron chi connectivity index (χ2n) is 4.40. The highest BCUT2D eigenvalue weighted by Gasteiger charge is 2.20. The predicted molar refractivity (Wildman–Crippen MR) is 71.4 cm³/mol. The number of hydrogen-bond acceptors (Lipinski definition) is 0. The van der Waals surface area contributed by atoms with Crippen LogP contribution in [-0.2, 0) is 6.42 Å². The summed E-state index contributed by atoms with van der Waals surface area (Å²) in [6, 6.07) is 10.8. The number of hydrogen-bond donors (Lipinski definition) is 0. The maximum atomic E-state index is 3.88. The minimum atomic E-state index is 1.08. The number of rotatable bonds is 7. The lowest BCUT2D eigenvalue weighted by Gasteiger charge is -2.36. The van der Waals surface area contributed by atoms with Gasteiger partial charge in [-0.2, -0.15) is 0 Å². The van der Waals surface area contributed by atoms with E-state index in [9.17, 15) is 0 Å². The lowest BCUT2D eigenvalue weighted by molar-refractivity contribution is -0.919. The van der Waals surface area contributed by atoms with Crippen molar-refractivity contribution in [2.24, 2.45) is 0 Å². The average Bonchev–Trinajstić information content (AvgIpc) is 2.36. The Hall–Kier alpha value is -1.08. The van der Waals surface area contributed by atoms with E-state index < -0.39 is 0 Å². The predicted octanol–water partition coefficient (Wildman–Crippen LogP) is 3.27. The van der Waals surface area contributed by atoms with Gasteiger partial charge in [0.25, 0.3) is 0 Å². The average molecular weight is 218 g/mol.